The van der Waals surface area contributed by atoms with Gasteiger partial charge in [-0.1, -0.05) is 24.3 Å². The van der Waals surface area contributed by atoms with Crippen LogP contribution in [0.15, 0.2) is 60.9 Å². The van der Waals surface area contributed by atoms with E-state index in [-0.39, 0.29) is 5.91 Å². The molecular weight excluding hydrogens is 324 g/mol. The largest absolute Gasteiger partial charge is 0.369 e. The van der Waals surface area contributed by atoms with Gasteiger partial charge in [-0.05, 0) is 29.7 Å². The third kappa shape index (κ3) is 2.44. The van der Waals surface area contributed by atoms with E-state index in [2.05, 4.69) is 45.1 Å². The van der Waals surface area contributed by atoms with Crippen LogP contribution in [0.5, 0.6) is 0 Å². The number of piperazine rings is 1. The third-order valence-corrected chi connectivity index (χ3v) is 5.39. The molecule has 2 aromatic carbocycles. The minimum atomic E-state index is 0.119. The van der Waals surface area contributed by atoms with Crippen LogP contribution in [0.4, 0.5) is 11.4 Å². The maximum Gasteiger partial charge on any atom is 0.260 e. The minimum Gasteiger partial charge on any atom is -0.369 e. The summed E-state index contributed by atoms with van der Waals surface area (Å²) in [6.07, 6.45) is 3.67. The molecule has 5 heteroatoms. The summed E-state index contributed by atoms with van der Waals surface area (Å²) in [4.78, 5) is 23.7. The predicted octanol–water partition coefficient (Wildman–Crippen LogP) is 2.97. The summed E-state index contributed by atoms with van der Waals surface area (Å²) in [5.74, 6) is 0.119. The fourth-order valence-corrected chi connectivity index (χ4v) is 4.02. The van der Waals surface area contributed by atoms with Gasteiger partial charge in [-0.2, -0.15) is 0 Å². The molecule has 0 atom stereocenters. The summed E-state index contributed by atoms with van der Waals surface area (Å²) < 4.78 is 0. The van der Waals surface area contributed by atoms with Crippen LogP contribution >= 0.6 is 0 Å². The second kappa shape index (κ2) is 6.11. The molecule has 0 bridgehead atoms. The van der Waals surface area contributed by atoms with E-state index in [1.165, 1.54) is 5.69 Å². The van der Waals surface area contributed by atoms with Gasteiger partial charge in [0, 0.05) is 55.2 Å². The van der Waals surface area contributed by atoms with Gasteiger partial charge in [0.15, 0.2) is 0 Å². The number of amides is 1. The Balaban J connectivity index is 1.33. The molecule has 1 aromatic heterocycles. The zero-order chi connectivity index (χ0) is 17.5. The summed E-state index contributed by atoms with van der Waals surface area (Å²) in [6, 6.07) is 16.3. The highest BCUT2D eigenvalue weighted by Crippen LogP contribution is 2.37. The molecule has 26 heavy (non-hydrogen) atoms. The van der Waals surface area contributed by atoms with Crippen molar-refractivity contribution in [3.8, 4) is 0 Å². The molecule has 1 amide bonds. The summed E-state index contributed by atoms with van der Waals surface area (Å²) >= 11 is 0. The van der Waals surface area contributed by atoms with Crippen LogP contribution in [0.1, 0.15) is 10.4 Å². The lowest BCUT2D eigenvalue weighted by Gasteiger charge is -2.37. The Kier molecular flexibility index (Phi) is 3.60. The number of pyridine rings is 1. The molecule has 5 rings (SSSR count). The first-order chi connectivity index (χ1) is 12.8. The molecule has 3 heterocycles. The minimum absolute atomic E-state index is 0.119. The molecule has 0 unspecified atom stereocenters. The van der Waals surface area contributed by atoms with E-state index in [9.17, 15) is 4.79 Å². The zero-order valence-corrected chi connectivity index (χ0v) is 14.5. The Hall–Kier alpha value is -2.92. The van der Waals surface area contributed by atoms with Gasteiger partial charge in [0.1, 0.15) is 0 Å². The van der Waals surface area contributed by atoms with Crippen molar-refractivity contribution < 1.29 is 4.79 Å². The van der Waals surface area contributed by atoms with Crippen molar-refractivity contribution in [1.82, 2.24) is 9.88 Å². The first kappa shape index (κ1) is 15.3. The normalized spacial score (nSPS) is 17.3. The highest BCUT2D eigenvalue weighted by atomic mass is 16.2. The van der Waals surface area contributed by atoms with Gasteiger partial charge in [-0.15, -0.1) is 0 Å². The standard InChI is InChI=1S/C21H20N4O/c26-21-18-5-1-3-16-4-2-6-19(20(16)18)25(21)15-23-11-13-24(14-12-23)17-7-9-22-10-8-17/h1-10H,11-15H2. The van der Waals surface area contributed by atoms with Gasteiger partial charge < -0.3 is 4.90 Å². The number of anilines is 2. The van der Waals surface area contributed by atoms with Gasteiger partial charge >= 0.3 is 0 Å². The van der Waals surface area contributed by atoms with Gasteiger partial charge in [0.25, 0.3) is 5.91 Å². The highest BCUT2D eigenvalue weighted by molar-refractivity contribution is 6.24. The maximum atomic E-state index is 12.9. The summed E-state index contributed by atoms with van der Waals surface area (Å²) in [6.45, 7) is 4.46. The van der Waals surface area contributed by atoms with Crippen molar-refractivity contribution in [3.63, 3.8) is 0 Å². The van der Waals surface area contributed by atoms with Crippen molar-refractivity contribution in [3.05, 3.63) is 66.5 Å². The molecular formula is C21H20N4O. The van der Waals surface area contributed by atoms with E-state index < -0.39 is 0 Å². The van der Waals surface area contributed by atoms with Crippen molar-refractivity contribution >= 4 is 28.1 Å². The fourth-order valence-electron chi connectivity index (χ4n) is 4.02. The summed E-state index contributed by atoms with van der Waals surface area (Å²) in [5.41, 5.74) is 3.09. The second-order valence-electron chi connectivity index (χ2n) is 6.87. The second-order valence-corrected chi connectivity index (χ2v) is 6.87. The van der Waals surface area contributed by atoms with Crippen LogP contribution in [0.25, 0.3) is 10.8 Å². The number of hydrogen-bond donors (Lipinski definition) is 0. The first-order valence-corrected chi connectivity index (χ1v) is 9.02. The Labute approximate surface area is 152 Å². The number of carbonyl (C=O) groups is 1. The topological polar surface area (TPSA) is 39.7 Å². The first-order valence-electron chi connectivity index (χ1n) is 9.02. The number of aromatic nitrogens is 1. The van der Waals surface area contributed by atoms with Crippen molar-refractivity contribution in [2.24, 2.45) is 0 Å². The maximum absolute atomic E-state index is 12.9. The molecule has 0 spiro atoms. The average molecular weight is 344 g/mol. The summed E-state index contributed by atoms with van der Waals surface area (Å²) in [5, 5.41) is 2.23. The molecule has 0 aliphatic carbocycles. The number of nitrogens with zero attached hydrogens (tertiary/aromatic N) is 4. The van der Waals surface area contributed by atoms with Gasteiger partial charge in [-0.25, -0.2) is 0 Å². The van der Waals surface area contributed by atoms with Crippen LogP contribution < -0.4 is 9.80 Å². The molecule has 1 fully saturated rings. The molecule has 130 valence electrons. The molecule has 0 radical (unpaired) electrons. The average Bonchev–Trinajstić information content (AvgIpc) is 2.97. The SMILES string of the molecule is O=C1c2cccc3cccc(c23)N1CN1CCN(c2ccncc2)CC1. The molecule has 0 N–H and O–H groups in total. The lowest BCUT2D eigenvalue weighted by Crippen LogP contribution is -2.50. The van der Waals surface area contributed by atoms with Crippen LogP contribution in [-0.2, 0) is 0 Å². The third-order valence-electron chi connectivity index (χ3n) is 5.39. The van der Waals surface area contributed by atoms with Gasteiger partial charge in [-0.3, -0.25) is 19.6 Å². The molecule has 5 nitrogen and oxygen atoms in total. The van der Waals surface area contributed by atoms with Crippen LogP contribution in [0.2, 0.25) is 0 Å². The quantitative estimate of drug-likeness (QED) is 0.732. The van der Waals surface area contributed by atoms with E-state index in [0.29, 0.717) is 6.67 Å². The van der Waals surface area contributed by atoms with E-state index >= 15 is 0 Å². The van der Waals surface area contributed by atoms with Gasteiger partial charge in [0.05, 0.1) is 12.4 Å². The van der Waals surface area contributed by atoms with Crippen LogP contribution in [0.3, 0.4) is 0 Å². The van der Waals surface area contributed by atoms with Crippen LogP contribution in [-0.4, -0.2) is 48.6 Å². The Morgan fingerprint density at radius 1 is 0.885 bits per heavy atom. The Morgan fingerprint density at radius 2 is 1.62 bits per heavy atom. The monoisotopic (exact) mass is 344 g/mol. The van der Waals surface area contributed by atoms with Crippen molar-refractivity contribution in [2.45, 2.75) is 0 Å². The smallest absolute Gasteiger partial charge is 0.260 e. The summed E-state index contributed by atoms with van der Waals surface area (Å²) in [7, 11) is 0. The Morgan fingerprint density at radius 3 is 2.38 bits per heavy atom. The number of hydrogen-bond acceptors (Lipinski definition) is 4. The molecule has 1 saturated heterocycles. The lowest BCUT2D eigenvalue weighted by atomic mass is 10.1. The molecule has 2 aliphatic rings. The fraction of sp³-hybridized carbons (Fsp3) is 0.238. The molecule has 2 aliphatic heterocycles. The van der Waals surface area contributed by atoms with E-state index in [0.717, 1.165) is 48.2 Å². The number of rotatable bonds is 3. The lowest BCUT2D eigenvalue weighted by molar-refractivity contribution is 0.0972. The van der Waals surface area contributed by atoms with Crippen molar-refractivity contribution in [2.75, 3.05) is 42.6 Å². The van der Waals surface area contributed by atoms with Crippen molar-refractivity contribution in [1.29, 1.82) is 0 Å². The van der Waals surface area contributed by atoms with Gasteiger partial charge in [0.2, 0.25) is 0 Å². The number of carbonyl (C=O) groups excluding carboxylic acids is 1. The zero-order valence-electron chi connectivity index (χ0n) is 14.5. The van der Waals surface area contributed by atoms with E-state index in [1.807, 2.05) is 35.5 Å². The van der Waals surface area contributed by atoms with Crippen LogP contribution in [0, 0.1) is 0 Å². The van der Waals surface area contributed by atoms with E-state index in [4.69, 9.17) is 0 Å². The Bertz CT molecular complexity index is 959. The predicted molar refractivity (Wildman–Crippen MR) is 104 cm³/mol. The van der Waals surface area contributed by atoms with E-state index in [1.54, 1.807) is 0 Å². The molecule has 3 aromatic rings. The molecule has 0 saturated carbocycles. The highest BCUT2D eigenvalue weighted by Gasteiger charge is 2.31. The number of benzene rings is 2.